The number of carbonyl (C=O) groups excluding carboxylic acids is 1. The lowest BCUT2D eigenvalue weighted by Gasteiger charge is -2.13. The van der Waals surface area contributed by atoms with Crippen molar-refractivity contribution in [3.63, 3.8) is 0 Å². The van der Waals surface area contributed by atoms with E-state index in [-0.39, 0.29) is 18.9 Å². The number of hydrogen-bond donors (Lipinski definition) is 0. The predicted octanol–water partition coefficient (Wildman–Crippen LogP) is 6.62. The molecule has 202 valence electrons. The zero-order valence-electron chi connectivity index (χ0n) is 21.2. The van der Waals surface area contributed by atoms with Gasteiger partial charge in [-0.05, 0) is 30.2 Å². The van der Waals surface area contributed by atoms with Gasteiger partial charge in [0, 0.05) is 23.9 Å². The van der Waals surface area contributed by atoms with E-state index in [4.69, 9.17) is 5.10 Å². The molecule has 0 spiro atoms. The third-order valence-electron chi connectivity index (χ3n) is 6.16. The first kappa shape index (κ1) is 27.1. The van der Waals surface area contributed by atoms with Crippen molar-refractivity contribution in [2.45, 2.75) is 17.8 Å². The zero-order valence-corrected chi connectivity index (χ0v) is 22.0. The van der Waals surface area contributed by atoms with Gasteiger partial charge in [0.15, 0.2) is 5.17 Å². The highest BCUT2D eigenvalue weighted by Gasteiger charge is 2.38. The first-order valence-electron chi connectivity index (χ1n) is 12.4. The topological polar surface area (TPSA) is 62.9 Å². The molecule has 0 bridgehead atoms. The van der Waals surface area contributed by atoms with E-state index in [0.29, 0.717) is 16.4 Å². The number of amides is 1. The number of aromatic nitrogens is 2. The molecule has 4 aromatic rings. The molecule has 10 heteroatoms. The van der Waals surface area contributed by atoms with Crippen LogP contribution in [0.25, 0.3) is 16.9 Å². The van der Waals surface area contributed by atoms with Crippen LogP contribution in [0.1, 0.15) is 16.7 Å². The normalized spacial score (nSPS) is 16.8. The number of benzene rings is 3. The summed E-state index contributed by atoms with van der Waals surface area (Å²) in [6.07, 6.45) is 0.685. The molecule has 1 aliphatic heterocycles. The molecule has 40 heavy (non-hydrogen) atoms. The molecule has 6 nitrogen and oxygen atoms in total. The predicted molar refractivity (Wildman–Crippen MR) is 152 cm³/mol. The minimum absolute atomic E-state index is 0.131. The van der Waals surface area contributed by atoms with E-state index in [9.17, 15) is 18.0 Å². The molecule has 0 aliphatic carbocycles. The molecule has 5 rings (SSSR count). The highest BCUT2D eigenvalue weighted by molar-refractivity contribution is 8.15. The lowest BCUT2D eigenvalue weighted by molar-refractivity contribution is -0.137. The average molecular weight is 560 g/mol. The quantitative estimate of drug-likeness (QED) is 0.138. The van der Waals surface area contributed by atoms with Crippen LogP contribution in [0.4, 0.5) is 13.2 Å². The summed E-state index contributed by atoms with van der Waals surface area (Å²) in [6.45, 7) is 3.92. The van der Waals surface area contributed by atoms with Crippen molar-refractivity contribution in [1.82, 2.24) is 14.7 Å². The number of rotatable bonds is 8. The van der Waals surface area contributed by atoms with Gasteiger partial charge in [0.1, 0.15) is 5.69 Å². The van der Waals surface area contributed by atoms with Crippen molar-refractivity contribution in [1.29, 1.82) is 0 Å². The first-order valence-corrected chi connectivity index (χ1v) is 13.3. The highest BCUT2D eigenvalue weighted by Crippen LogP contribution is 2.33. The lowest BCUT2D eigenvalue weighted by atomic mass is 10.1. The Morgan fingerprint density at radius 3 is 2.42 bits per heavy atom. The van der Waals surface area contributed by atoms with Crippen LogP contribution in [0.2, 0.25) is 0 Å². The van der Waals surface area contributed by atoms with Crippen LogP contribution in [0, 0.1) is 0 Å². The van der Waals surface area contributed by atoms with Crippen molar-refractivity contribution < 1.29 is 18.0 Å². The van der Waals surface area contributed by atoms with Crippen molar-refractivity contribution in [2.24, 2.45) is 10.2 Å². The smallest absolute Gasteiger partial charge is 0.285 e. The maximum absolute atomic E-state index is 13.2. The molecule has 1 unspecified atom stereocenters. The summed E-state index contributed by atoms with van der Waals surface area (Å²) in [5.74, 6) is -0.252. The van der Waals surface area contributed by atoms with Gasteiger partial charge in [0.2, 0.25) is 5.91 Å². The largest absolute Gasteiger partial charge is 0.416 e. The Morgan fingerprint density at radius 2 is 1.73 bits per heavy atom. The number of carbonyl (C=O) groups is 1. The highest BCUT2D eigenvalue weighted by atomic mass is 32.2. The Bertz CT molecular complexity index is 1570. The minimum Gasteiger partial charge on any atom is -0.285 e. The zero-order chi connectivity index (χ0) is 28.1. The van der Waals surface area contributed by atoms with Gasteiger partial charge in [-0.25, -0.2) is 4.68 Å². The number of nitrogens with zero attached hydrogens (tertiary/aromatic N) is 5. The average Bonchev–Trinajstić information content (AvgIpc) is 3.51. The molecule has 0 radical (unpaired) electrons. The van der Waals surface area contributed by atoms with Gasteiger partial charge in [-0.15, -0.1) is 11.7 Å². The fourth-order valence-corrected chi connectivity index (χ4v) is 5.40. The van der Waals surface area contributed by atoms with E-state index in [1.165, 1.54) is 22.7 Å². The molecule has 1 aromatic heterocycles. The Hall–Kier alpha value is -4.44. The monoisotopic (exact) mass is 559 g/mol. The second-order valence-corrected chi connectivity index (χ2v) is 10.1. The number of hydrogen-bond acceptors (Lipinski definition) is 5. The van der Waals surface area contributed by atoms with Gasteiger partial charge < -0.3 is 0 Å². The maximum Gasteiger partial charge on any atom is 0.416 e. The SMILES string of the molecule is C=CCN1C(=O)C(Cc2cccc(C(F)(F)F)c2)SC1=NN=Cc1cn(-c2ccccc2)nc1-c1ccccc1. The lowest BCUT2D eigenvalue weighted by Crippen LogP contribution is -2.32. The van der Waals surface area contributed by atoms with Gasteiger partial charge in [0.25, 0.3) is 0 Å². The van der Waals surface area contributed by atoms with E-state index >= 15 is 0 Å². The molecule has 0 N–H and O–H groups in total. The number of alkyl halides is 3. The van der Waals surface area contributed by atoms with Crippen LogP contribution in [0.3, 0.4) is 0 Å². The van der Waals surface area contributed by atoms with E-state index in [0.717, 1.165) is 28.9 Å². The van der Waals surface area contributed by atoms with Gasteiger partial charge in [-0.2, -0.15) is 23.4 Å². The molecular formula is C30H24F3N5OS. The number of halogens is 3. The molecule has 2 heterocycles. The third kappa shape index (κ3) is 6.07. The van der Waals surface area contributed by atoms with Crippen LogP contribution in [-0.4, -0.2) is 43.8 Å². The van der Waals surface area contributed by atoms with Gasteiger partial charge in [-0.1, -0.05) is 84.6 Å². The van der Waals surface area contributed by atoms with E-state index < -0.39 is 17.0 Å². The minimum atomic E-state index is -4.45. The van der Waals surface area contributed by atoms with E-state index in [1.807, 2.05) is 66.9 Å². The van der Waals surface area contributed by atoms with Crippen molar-refractivity contribution in [3.8, 4) is 16.9 Å². The standard InChI is InChI=1S/C30H24F3N5OS/c1-2-16-37-28(39)26(18-21-10-9-13-24(17-21)30(31,32)33)40-29(37)35-34-19-23-20-38(25-14-7-4-8-15-25)36-27(23)22-11-5-3-6-12-22/h2-15,17,19-20,26H,1,16,18H2. The molecule has 0 saturated carbocycles. The second-order valence-electron chi connectivity index (χ2n) is 8.95. The number of thioether (sulfide) groups is 1. The first-order chi connectivity index (χ1) is 19.3. The molecular weight excluding hydrogens is 535 g/mol. The summed E-state index contributed by atoms with van der Waals surface area (Å²) < 4.78 is 41.3. The molecule has 1 atom stereocenters. The van der Waals surface area contributed by atoms with E-state index in [1.54, 1.807) is 23.0 Å². The van der Waals surface area contributed by atoms with Crippen molar-refractivity contribution in [3.05, 3.63) is 120 Å². The van der Waals surface area contributed by atoms with Gasteiger partial charge >= 0.3 is 6.18 Å². The summed E-state index contributed by atoms with van der Waals surface area (Å²) in [5.41, 5.74) is 2.92. The van der Waals surface area contributed by atoms with E-state index in [2.05, 4.69) is 16.8 Å². The Balaban J connectivity index is 1.41. The van der Waals surface area contributed by atoms with Crippen LogP contribution in [0.15, 0.2) is 114 Å². The second kappa shape index (κ2) is 11.7. The van der Waals surface area contributed by atoms with Crippen LogP contribution < -0.4 is 0 Å². The fraction of sp³-hybridized carbons (Fsp3) is 0.133. The summed E-state index contributed by atoms with van der Waals surface area (Å²) in [7, 11) is 0. The molecule has 1 amide bonds. The summed E-state index contributed by atoms with van der Waals surface area (Å²) in [6, 6.07) is 24.4. The number of amidine groups is 1. The molecule has 3 aromatic carbocycles. The third-order valence-corrected chi connectivity index (χ3v) is 7.32. The maximum atomic E-state index is 13.2. The Kier molecular flexibility index (Phi) is 7.97. The summed E-state index contributed by atoms with van der Waals surface area (Å²) in [4.78, 5) is 14.6. The van der Waals surface area contributed by atoms with Crippen LogP contribution in [-0.2, 0) is 17.4 Å². The van der Waals surface area contributed by atoms with Crippen LogP contribution in [0.5, 0.6) is 0 Å². The fourth-order valence-electron chi connectivity index (χ4n) is 4.26. The molecule has 1 saturated heterocycles. The van der Waals surface area contributed by atoms with Gasteiger partial charge in [0.05, 0.1) is 22.7 Å². The number of para-hydroxylation sites is 1. The van der Waals surface area contributed by atoms with Crippen LogP contribution >= 0.6 is 11.8 Å². The molecule has 1 aliphatic rings. The Labute approximate surface area is 233 Å². The van der Waals surface area contributed by atoms with Crippen molar-refractivity contribution in [2.75, 3.05) is 6.54 Å². The van der Waals surface area contributed by atoms with Crippen molar-refractivity contribution >= 4 is 29.1 Å². The summed E-state index contributed by atoms with van der Waals surface area (Å²) in [5, 5.41) is 13.1. The molecule has 1 fully saturated rings. The Morgan fingerprint density at radius 1 is 1.00 bits per heavy atom. The summed E-state index contributed by atoms with van der Waals surface area (Å²) >= 11 is 1.18. The van der Waals surface area contributed by atoms with Gasteiger partial charge in [-0.3, -0.25) is 9.69 Å².